The first-order valence-electron chi connectivity index (χ1n) is 9.41. The van der Waals surface area contributed by atoms with Gasteiger partial charge in [-0.05, 0) is 38.8 Å². The van der Waals surface area contributed by atoms with Crippen molar-refractivity contribution in [2.75, 3.05) is 19.6 Å². The molecule has 1 saturated heterocycles. The molecule has 1 aromatic heterocycles. The summed E-state index contributed by atoms with van der Waals surface area (Å²) >= 11 is 0. The summed E-state index contributed by atoms with van der Waals surface area (Å²) in [5.41, 5.74) is 4.63. The van der Waals surface area contributed by atoms with Crippen LogP contribution in [0, 0.1) is 27.7 Å². The van der Waals surface area contributed by atoms with Gasteiger partial charge in [-0.2, -0.15) is 5.10 Å². The van der Waals surface area contributed by atoms with Crippen LogP contribution in [0.5, 0.6) is 0 Å². The average Bonchev–Trinajstić information content (AvgIpc) is 2.60. The highest BCUT2D eigenvalue weighted by molar-refractivity contribution is 5.85. The quantitative estimate of drug-likeness (QED) is 0.800. The van der Waals surface area contributed by atoms with Gasteiger partial charge in [0.25, 0.3) is 5.56 Å². The fraction of sp³-hybridized carbons (Fsp3) is 0.429. The molecule has 2 amide bonds. The molecule has 28 heavy (non-hydrogen) atoms. The first kappa shape index (κ1) is 19.8. The molecule has 2 heterocycles. The summed E-state index contributed by atoms with van der Waals surface area (Å²) in [6, 6.07) is 7.73. The van der Waals surface area contributed by atoms with E-state index in [0.29, 0.717) is 25.3 Å². The number of amides is 2. The molecule has 7 heteroatoms. The fourth-order valence-corrected chi connectivity index (χ4v) is 3.48. The van der Waals surface area contributed by atoms with E-state index in [-0.39, 0.29) is 30.5 Å². The van der Waals surface area contributed by atoms with Crippen molar-refractivity contribution in [2.24, 2.45) is 0 Å². The van der Waals surface area contributed by atoms with E-state index in [2.05, 4.69) is 23.3 Å². The Morgan fingerprint density at radius 1 is 1.00 bits per heavy atom. The molecule has 3 rings (SSSR count). The van der Waals surface area contributed by atoms with E-state index in [9.17, 15) is 14.4 Å². The molecule has 2 aromatic rings. The molecular weight excluding hydrogens is 356 g/mol. The van der Waals surface area contributed by atoms with Gasteiger partial charge in [-0.25, -0.2) is 4.68 Å². The first-order chi connectivity index (χ1) is 13.2. The molecule has 0 N–H and O–H groups in total. The molecule has 1 fully saturated rings. The van der Waals surface area contributed by atoms with Crippen LogP contribution in [0.15, 0.2) is 29.1 Å². The van der Waals surface area contributed by atoms with Crippen molar-refractivity contribution in [1.82, 2.24) is 19.6 Å². The van der Waals surface area contributed by atoms with Crippen LogP contribution in [-0.4, -0.2) is 51.0 Å². The molecule has 1 aromatic carbocycles. The van der Waals surface area contributed by atoms with Crippen molar-refractivity contribution in [3.05, 3.63) is 62.6 Å². The third-order valence-corrected chi connectivity index (χ3v) is 5.05. The lowest BCUT2D eigenvalue weighted by molar-refractivity contribution is -0.146. The third kappa shape index (κ3) is 4.47. The zero-order valence-electron chi connectivity index (χ0n) is 16.9. The van der Waals surface area contributed by atoms with E-state index in [0.717, 1.165) is 15.8 Å². The van der Waals surface area contributed by atoms with Crippen LogP contribution < -0.4 is 5.56 Å². The molecule has 0 unspecified atom stereocenters. The molecule has 0 aliphatic carbocycles. The van der Waals surface area contributed by atoms with Crippen molar-refractivity contribution in [2.45, 2.75) is 40.8 Å². The van der Waals surface area contributed by atoms with Gasteiger partial charge in [-0.3, -0.25) is 14.4 Å². The summed E-state index contributed by atoms with van der Waals surface area (Å²) < 4.78 is 1.16. The largest absolute Gasteiger partial charge is 0.335 e. The van der Waals surface area contributed by atoms with E-state index in [1.165, 1.54) is 22.1 Å². The number of nitrogens with zero attached hydrogens (tertiary/aromatic N) is 4. The molecule has 0 spiro atoms. The highest BCUT2D eigenvalue weighted by Crippen LogP contribution is 2.14. The van der Waals surface area contributed by atoms with Crippen LogP contribution in [0.2, 0.25) is 0 Å². The van der Waals surface area contributed by atoms with Crippen molar-refractivity contribution < 1.29 is 9.59 Å². The Kier molecular flexibility index (Phi) is 5.63. The summed E-state index contributed by atoms with van der Waals surface area (Å²) in [6.07, 6.45) is 0. The Bertz CT molecular complexity index is 960. The third-order valence-electron chi connectivity index (χ3n) is 5.05. The van der Waals surface area contributed by atoms with Crippen LogP contribution in [0.4, 0.5) is 0 Å². The Labute approximate surface area is 164 Å². The van der Waals surface area contributed by atoms with Gasteiger partial charge in [0, 0.05) is 25.7 Å². The summed E-state index contributed by atoms with van der Waals surface area (Å²) in [5, 5.41) is 4.17. The second-order valence-corrected chi connectivity index (χ2v) is 7.54. The van der Waals surface area contributed by atoms with E-state index < -0.39 is 0 Å². The molecule has 148 valence electrons. The molecule has 0 radical (unpaired) electrons. The lowest BCUT2D eigenvalue weighted by atomic mass is 10.1. The van der Waals surface area contributed by atoms with Crippen molar-refractivity contribution in [3.63, 3.8) is 0 Å². The minimum atomic E-state index is -0.309. The summed E-state index contributed by atoms with van der Waals surface area (Å²) in [4.78, 5) is 40.4. The Morgan fingerprint density at radius 2 is 1.68 bits per heavy atom. The van der Waals surface area contributed by atoms with E-state index in [4.69, 9.17) is 0 Å². The maximum Gasteiger partial charge on any atom is 0.267 e. The normalized spacial score (nSPS) is 14.5. The van der Waals surface area contributed by atoms with Gasteiger partial charge in [0.2, 0.25) is 11.8 Å². The minimum absolute atomic E-state index is 0.0310. The number of rotatable bonds is 4. The Balaban J connectivity index is 1.63. The SMILES string of the molecule is Cc1cc(C)cc(CN2CCN(C(=O)Cn3nc(C)c(C)cc3=O)CC2=O)c1. The maximum absolute atomic E-state index is 12.6. The number of piperazine rings is 1. The molecule has 0 atom stereocenters. The number of carbonyl (C=O) groups excluding carboxylic acids is 2. The molecule has 0 bridgehead atoms. The second kappa shape index (κ2) is 7.96. The van der Waals surface area contributed by atoms with Crippen molar-refractivity contribution in [3.8, 4) is 0 Å². The summed E-state index contributed by atoms with van der Waals surface area (Å²) in [5.74, 6) is -0.351. The van der Waals surface area contributed by atoms with Gasteiger partial charge in [0.15, 0.2) is 0 Å². The van der Waals surface area contributed by atoms with E-state index in [1.54, 1.807) is 11.8 Å². The summed E-state index contributed by atoms with van der Waals surface area (Å²) in [7, 11) is 0. The van der Waals surface area contributed by atoms with Crippen LogP contribution in [0.3, 0.4) is 0 Å². The van der Waals surface area contributed by atoms with E-state index >= 15 is 0 Å². The van der Waals surface area contributed by atoms with Gasteiger partial charge in [-0.15, -0.1) is 0 Å². The fourth-order valence-electron chi connectivity index (χ4n) is 3.48. The van der Waals surface area contributed by atoms with Crippen molar-refractivity contribution >= 4 is 11.8 Å². The number of hydrogen-bond acceptors (Lipinski definition) is 4. The monoisotopic (exact) mass is 382 g/mol. The molecule has 7 nitrogen and oxygen atoms in total. The van der Waals surface area contributed by atoms with Crippen LogP contribution in [-0.2, 0) is 22.7 Å². The van der Waals surface area contributed by atoms with Gasteiger partial charge in [-0.1, -0.05) is 29.3 Å². The van der Waals surface area contributed by atoms with Gasteiger partial charge in [0.05, 0.1) is 12.2 Å². The van der Waals surface area contributed by atoms with Crippen LogP contribution in [0.1, 0.15) is 27.9 Å². The molecule has 1 aliphatic rings. The summed E-state index contributed by atoms with van der Waals surface area (Å²) in [6.45, 7) is 9.04. The lowest BCUT2D eigenvalue weighted by Gasteiger charge is -2.34. The number of aryl methyl sites for hydroxylation is 4. The smallest absolute Gasteiger partial charge is 0.267 e. The van der Waals surface area contributed by atoms with E-state index in [1.807, 2.05) is 20.8 Å². The van der Waals surface area contributed by atoms with Gasteiger partial charge >= 0.3 is 0 Å². The molecule has 1 aliphatic heterocycles. The highest BCUT2D eigenvalue weighted by atomic mass is 16.2. The second-order valence-electron chi connectivity index (χ2n) is 7.54. The molecule has 0 saturated carbocycles. The first-order valence-corrected chi connectivity index (χ1v) is 9.41. The predicted octanol–water partition coefficient (Wildman–Crippen LogP) is 1.35. The van der Waals surface area contributed by atoms with Gasteiger partial charge in [0.1, 0.15) is 6.54 Å². The number of hydrogen-bond donors (Lipinski definition) is 0. The van der Waals surface area contributed by atoms with Gasteiger partial charge < -0.3 is 9.80 Å². The van der Waals surface area contributed by atoms with Crippen LogP contribution >= 0.6 is 0 Å². The predicted molar refractivity (Wildman–Crippen MR) is 106 cm³/mol. The van der Waals surface area contributed by atoms with Crippen molar-refractivity contribution in [1.29, 1.82) is 0 Å². The zero-order valence-corrected chi connectivity index (χ0v) is 16.9. The zero-order chi connectivity index (χ0) is 20.4. The number of carbonyl (C=O) groups is 2. The lowest BCUT2D eigenvalue weighted by Crippen LogP contribution is -2.52. The average molecular weight is 382 g/mol. The topological polar surface area (TPSA) is 75.5 Å². The standard InChI is InChI=1S/C21H26N4O3/c1-14-7-15(2)9-18(8-14)11-23-5-6-24(12-20(23)27)21(28)13-25-19(26)10-16(3)17(4)22-25/h7-10H,5-6,11-13H2,1-4H3. The van der Waals surface area contributed by atoms with Crippen LogP contribution in [0.25, 0.3) is 0 Å². The minimum Gasteiger partial charge on any atom is -0.335 e. The number of aromatic nitrogens is 2. The number of benzene rings is 1. The highest BCUT2D eigenvalue weighted by Gasteiger charge is 2.27. The maximum atomic E-state index is 12.6. The molecular formula is C21H26N4O3. The Hall–Kier alpha value is -2.96. The Morgan fingerprint density at radius 3 is 2.32 bits per heavy atom.